The Balaban J connectivity index is 1.28. The largest absolute Gasteiger partial charge is 0.508 e. The van der Waals surface area contributed by atoms with Crippen molar-refractivity contribution in [1.29, 1.82) is 0 Å². The zero-order valence-electron chi connectivity index (χ0n) is 25.0. The monoisotopic (exact) mass is 606 g/mol. The Bertz CT molecular complexity index is 1680. The van der Waals surface area contributed by atoms with Gasteiger partial charge in [-0.3, -0.25) is 14.9 Å². The summed E-state index contributed by atoms with van der Waals surface area (Å²) in [6.07, 6.45) is 5.10. The summed E-state index contributed by atoms with van der Waals surface area (Å²) in [7, 11) is 0. The number of hydrogen-bond donors (Lipinski definition) is 5. The predicted octanol–water partition coefficient (Wildman–Crippen LogP) is 4.24. The van der Waals surface area contributed by atoms with E-state index < -0.39 is 12.2 Å². The third kappa shape index (κ3) is 6.92. The van der Waals surface area contributed by atoms with Gasteiger partial charge in [0.05, 0.1) is 18.1 Å². The summed E-state index contributed by atoms with van der Waals surface area (Å²) in [5.41, 5.74) is 7.40. The number of aromatic amines is 1. The summed E-state index contributed by atoms with van der Waals surface area (Å²) < 4.78 is 0. The molecule has 232 valence electrons. The van der Waals surface area contributed by atoms with Crippen molar-refractivity contribution >= 4 is 28.6 Å². The summed E-state index contributed by atoms with van der Waals surface area (Å²) in [5.74, 6) is 0.308. The number of Topliss-reactive ketones (excluding diaryl/α,β-unsaturated/α-hetero) is 1. The Morgan fingerprint density at radius 3 is 2.53 bits per heavy atom. The minimum absolute atomic E-state index is 0.103. The number of aromatic hydroxyl groups is 1. The molecule has 1 saturated carbocycles. The van der Waals surface area contributed by atoms with Gasteiger partial charge in [0.15, 0.2) is 5.78 Å². The van der Waals surface area contributed by atoms with Crippen LogP contribution in [0.4, 0.5) is 4.79 Å². The van der Waals surface area contributed by atoms with E-state index in [1.54, 1.807) is 41.4 Å². The summed E-state index contributed by atoms with van der Waals surface area (Å²) in [6.45, 7) is 4.99. The van der Waals surface area contributed by atoms with Crippen LogP contribution in [0.3, 0.4) is 0 Å². The van der Waals surface area contributed by atoms with Crippen LogP contribution in [-0.4, -0.2) is 63.0 Å². The highest BCUT2D eigenvalue weighted by Gasteiger charge is 2.38. The number of nitrogens with one attached hydrogen (secondary N) is 4. The summed E-state index contributed by atoms with van der Waals surface area (Å²) in [4.78, 5) is 45.6. The molecule has 0 spiro atoms. The van der Waals surface area contributed by atoms with Crippen molar-refractivity contribution in [2.45, 2.75) is 44.6 Å². The number of H-pyrrole nitrogens is 1. The molecule has 6 rings (SSSR count). The van der Waals surface area contributed by atoms with Gasteiger partial charge in [0.25, 0.3) is 0 Å². The zero-order valence-corrected chi connectivity index (χ0v) is 25.0. The van der Waals surface area contributed by atoms with E-state index in [0.29, 0.717) is 31.6 Å². The number of carbonyl (C=O) groups is 3. The van der Waals surface area contributed by atoms with Crippen LogP contribution in [0.5, 0.6) is 5.75 Å². The third-order valence-electron chi connectivity index (χ3n) is 8.37. The number of hydrazine groups is 1. The van der Waals surface area contributed by atoms with Crippen LogP contribution in [0.15, 0.2) is 91.6 Å². The van der Waals surface area contributed by atoms with Crippen LogP contribution in [0, 0.1) is 5.92 Å². The second-order valence-electron chi connectivity index (χ2n) is 11.7. The number of aromatic nitrogens is 1. The Labute approximate surface area is 262 Å². The molecule has 45 heavy (non-hydrogen) atoms. The Morgan fingerprint density at radius 1 is 1.02 bits per heavy atom. The average Bonchev–Trinajstić information content (AvgIpc) is 3.82. The molecule has 1 aliphatic heterocycles. The zero-order chi connectivity index (χ0) is 31.3. The van der Waals surface area contributed by atoms with Crippen molar-refractivity contribution in [3.05, 3.63) is 114 Å². The van der Waals surface area contributed by atoms with E-state index >= 15 is 0 Å². The number of phenols is 1. The van der Waals surface area contributed by atoms with E-state index in [2.05, 4.69) is 27.6 Å². The topological polar surface area (TPSA) is 130 Å². The molecule has 0 radical (unpaired) electrons. The van der Waals surface area contributed by atoms with Gasteiger partial charge < -0.3 is 20.3 Å². The Morgan fingerprint density at radius 2 is 1.80 bits per heavy atom. The van der Waals surface area contributed by atoms with Crippen LogP contribution < -0.4 is 16.1 Å². The number of piperazine rings is 1. The van der Waals surface area contributed by atoms with Crippen molar-refractivity contribution in [3.63, 3.8) is 0 Å². The highest BCUT2D eigenvalue weighted by Crippen LogP contribution is 2.35. The maximum atomic E-state index is 14.0. The summed E-state index contributed by atoms with van der Waals surface area (Å²) in [5, 5.41) is 18.5. The molecule has 2 aliphatic rings. The molecule has 0 unspecified atom stereocenters. The average molecular weight is 607 g/mol. The normalized spacial score (nSPS) is 18.1. The first kappa shape index (κ1) is 30.1. The highest BCUT2D eigenvalue weighted by atomic mass is 16.3. The smallest absolute Gasteiger partial charge is 0.333 e. The van der Waals surface area contributed by atoms with Crippen molar-refractivity contribution in [1.82, 2.24) is 31.0 Å². The van der Waals surface area contributed by atoms with Crippen LogP contribution in [0.25, 0.3) is 10.9 Å². The van der Waals surface area contributed by atoms with Crippen molar-refractivity contribution in [2.75, 3.05) is 13.1 Å². The number of nitrogens with zero attached hydrogens (tertiary/aromatic N) is 2. The number of benzene rings is 3. The number of ketones is 1. The molecule has 3 aromatic carbocycles. The Hall–Kier alpha value is -4.93. The summed E-state index contributed by atoms with van der Waals surface area (Å²) >= 11 is 0. The molecule has 1 aromatic heterocycles. The SMILES string of the molecule is C=CCNN(C(=O)NCc1ccccc1)[C@H]1CN(Cc2cccc3c(C(=O)C4CC4)c[nH]c23)C(=O)[C@H](Cc2ccc(O)cc2)N1. The van der Waals surface area contributed by atoms with Crippen LogP contribution in [-0.2, 0) is 24.3 Å². The van der Waals surface area contributed by atoms with E-state index in [9.17, 15) is 19.5 Å². The molecule has 4 aromatic rings. The second kappa shape index (κ2) is 13.4. The number of rotatable bonds is 12. The molecule has 5 N–H and O–H groups in total. The second-order valence-corrected chi connectivity index (χ2v) is 11.7. The van der Waals surface area contributed by atoms with Crippen molar-refractivity contribution < 1.29 is 19.5 Å². The van der Waals surface area contributed by atoms with E-state index in [-0.39, 0.29) is 35.9 Å². The van der Waals surface area contributed by atoms with Crippen LogP contribution in [0.1, 0.15) is 39.9 Å². The molecule has 0 bridgehead atoms. The fraction of sp³-hybridized carbons (Fsp3) is 0.286. The number of hydrogen-bond acceptors (Lipinski definition) is 6. The van der Waals surface area contributed by atoms with Gasteiger partial charge in [-0.05, 0) is 48.1 Å². The van der Waals surface area contributed by atoms with E-state index in [0.717, 1.165) is 40.4 Å². The van der Waals surface area contributed by atoms with Crippen molar-refractivity contribution in [2.24, 2.45) is 5.92 Å². The first-order chi connectivity index (χ1) is 21.9. The lowest BCUT2D eigenvalue weighted by Crippen LogP contribution is -2.69. The van der Waals surface area contributed by atoms with E-state index in [1.807, 2.05) is 48.5 Å². The van der Waals surface area contributed by atoms with Gasteiger partial charge in [0.2, 0.25) is 5.91 Å². The van der Waals surface area contributed by atoms with Gasteiger partial charge in [-0.15, -0.1) is 6.58 Å². The van der Waals surface area contributed by atoms with Gasteiger partial charge in [-0.2, -0.15) is 0 Å². The predicted molar refractivity (Wildman–Crippen MR) is 172 cm³/mol. The standard InChI is InChI=1S/C35H38N6O4/c1-2-17-38-41(35(45)37-19-24-7-4-3-5-8-24)31-22-40(34(44)30(39-31)18-23-11-15-27(42)16-12-23)21-26-9-6-10-28-29(20-36-32(26)28)33(43)25-13-14-25/h2-12,15-16,20,25,30-31,36,38-39,42H,1,13-14,17-19,21-22H2,(H,37,45)/t30-,31-/m0/s1. The fourth-order valence-electron chi connectivity index (χ4n) is 5.86. The lowest BCUT2D eigenvalue weighted by molar-refractivity contribution is -0.140. The van der Waals surface area contributed by atoms with E-state index in [1.165, 1.54) is 5.01 Å². The lowest BCUT2D eigenvalue weighted by Gasteiger charge is -2.43. The minimum Gasteiger partial charge on any atom is -0.508 e. The molecule has 2 fully saturated rings. The fourth-order valence-corrected chi connectivity index (χ4v) is 5.86. The molecule has 2 heterocycles. The maximum absolute atomic E-state index is 14.0. The third-order valence-corrected chi connectivity index (χ3v) is 8.37. The van der Waals surface area contributed by atoms with Gasteiger partial charge in [-0.1, -0.05) is 66.7 Å². The molecule has 3 amide bonds. The molecular weight excluding hydrogens is 568 g/mol. The Kier molecular flexibility index (Phi) is 8.95. The highest BCUT2D eigenvalue weighted by molar-refractivity contribution is 6.10. The van der Waals surface area contributed by atoms with Gasteiger partial charge in [0, 0.05) is 42.7 Å². The maximum Gasteiger partial charge on any atom is 0.333 e. The van der Waals surface area contributed by atoms with Gasteiger partial charge >= 0.3 is 6.03 Å². The van der Waals surface area contributed by atoms with E-state index in [4.69, 9.17) is 0 Å². The molecule has 10 nitrogen and oxygen atoms in total. The first-order valence-electron chi connectivity index (χ1n) is 15.3. The number of urea groups is 1. The number of carbonyl (C=O) groups excluding carboxylic acids is 3. The molecule has 2 atom stereocenters. The summed E-state index contributed by atoms with van der Waals surface area (Å²) in [6, 6.07) is 21.3. The molecule has 10 heteroatoms. The number of phenolic OH excluding ortho intramolecular Hbond substituents is 1. The quantitative estimate of drug-likeness (QED) is 0.0932. The number of amides is 3. The molecule has 1 aliphatic carbocycles. The van der Waals surface area contributed by atoms with Gasteiger partial charge in [-0.25, -0.2) is 15.2 Å². The van der Waals surface area contributed by atoms with Gasteiger partial charge in [0.1, 0.15) is 11.9 Å². The van der Waals surface area contributed by atoms with Crippen LogP contribution in [0.2, 0.25) is 0 Å². The molecule has 1 saturated heterocycles. The minimum atomic E-state index is -0.641. The number of fused-ring (bicyclic) bond motifs is 1. The number of para-hydroxylation sites is 1. The molecular formula is C35H38N6O4. The van der Waals surface area contributed by atoms with Crippen molar-refractivity contribution in [3.8, 4) is 5.75 Å². The lowest BCUT2D eigenvalue weighted by atomic mass is 10.0. The first-order valence-corrected chi connectivity index (χ1v) is 15.3. The van der Waals surface area contributed by atoms with Crippen LogP contribution >= 0.6 is 0 Å².